The van der Waals surface area contributed by atoms with Crippen LogP contribution in [-0.2, 0) is 20.6 Å². The first-order chi connectivity index (χ1) is 12.0. The Morgan fingerprint density at radius 1 is 1.20 bits per heavy atom. The summed E-state index contributed by atoms with van der Waals surface area (Å²) in [5, 5.41) is 3.77. The first-order valence-electron chi connectivity index (χ1n) is 7.88. The lowest BCUT2D eigenvalue weighted by Crippen LogP contribution is -2.53. The molecule has 9 heteroatoms. The van der Waals surface area contributed by atoms with Crippen molar-refractivity contribution in [2.75, 3.05) is 18.4 Å². The Morgan fingerprint density at radius 2 is 1.92 bits per heavy atom. The summed E-state index contributed by atoms with van der Waals surface area (Å²) in [5.41, 5.74) is 4.56. The Bertz CT molecular complexity index is 1050. The highest BCUT2D eigenvalue weighted by Crippen LogP contribution is 2.21. The van der Waals surface area contributed by atoms with Crippen LogP contribution >= 0.6 is 11.6 Å². The molecule has 25 heavy (non-hydrogen) atoms. The Labute approximate surface area is 148 Å². The topological polar surface area (TPSA) is 101 Å². The minimum absolute atomic E-state index is 0.340. The number of nitrogens with zero attached hydrogens (tertiary/aromatic N) is 4. The molecule has 0 amide bonds. The van der Waals surface area contributed by atoms with Gasteiger partial charge in [-0.25, -0.2) is 4.79 Å². The Hall–Kier alpha value is -2.58. The third-order valence-corrected chi connectivity index (χ3v) is 4.46. The molecule has 0 spiro atoms. The third kappa shape index (κ3) is 2.94. The summed E-state index contributed by atoms with van der Waals surface area (Å²) in [6.45, 7) is 1.62. The average molecular weight is 364 g/mol. The molecule has 2 aromatic heterocycles. The van der Waals surface area contributed by atoms with Crippen molar-refractivity contribution in [1.82, 2.24) is 18.7 Å². The van der Waals surface area contributed by atoms with E-state index in [0.717, 1.165) is 10.1 Å². The van der Waals surface area contributed by atoms with Crippen LogP contribution in [-0.4, -0.2) is 31.8 Å². The van der Waals surface area contributed by atoms with Gasteiger partial charge in [0.1, 0.15) is 0 Å². The number of hydrogen-bond donors (Lipinski definition) is 2. The summed E-state index contributed by atoms with van der Waals surface area (Å²) < 4.78 is 4.21. The molecule has 0 saturated heterocycles. The Kier molecular flexibility index (Phi) is 4.65. The van der Waals surface area contributed by atoms with Crippen molar-refractivity contribution < 1.29 is 5.73 Å². The molecule has 0 atom stereocenters. The van der Waals surface area contributed by atoms with Crippen molar-refractivity contribution in [2.24, 2.45) is 14.1 Å². The molecule has 0 aliphatic heterocycles. The second kappa shape index (κ2) is 6.73. The SMILES string of the molecule is Cn1c(=O)c2c(nc(NCC[NH3+])n2Cc2ccccc2Cl)n(C)c1=O. The van der Waals surface area contributed by atoms with Gasteiger partial charge in [0, 0.05) is 19.1 Å². The molecule has 0 radical (unpaired) electrons. The maximum atomic E-state index is 12.7. The lowest BCUT2D eigenvalue weighted by molar-refractivity contribution is -0.362. The summed E-state index contributed by atoms with van der Waals surface area (Å²) in [7, 11) is 3.06. The molecule has 1 aromatic carbocycles. The largest absolute Gasteiger partial charge is 0.356 e. The fraction of sp³-hybridized carbons (Fsp3) is 0.312. The van der Waals surface area contributed by atoms with Gasteiger partial charge in [0.05, 0.1) is 19.6 Å². The number of anilines is 1. The van der Waals surface area contributed by atoms with E-state index < -0.39 is 5.69 Å². The molecule has 132 valence electrons. The molecule has 0 bridgehead atoms. The number of rotatable bonds is 5. The highest BCUT2D eigenvalue weighted by atomic mass is 35.5. The lowest BCUT2D eigenvalue weighted by Gasteiger charge is -2.11. The highest BCUT2D eigenvalue weighted by molar-refractivity contribution is 6.31. The quantitative estimate of drug-likeness (QED) is 0.654. The van der Waals surface area contributed by atoms with Crippen molar-refractivity contribution >= 4 is 28.7 Å². The van der Waals surface area contributed by atoms with Gasteiger partial charge in [-0.1, -0.05) is 29.8 Å². The molecule has 4 N–H and O–H groups in total. The molecular formula is C16H20ClN6O2+. The lowest BCUT2D eigenvalue weighted by atomic mass is 10.2. The molecule has 0 aliphatic carbocycles. The summed E-state index contributed by atoms with van der Waals surface area (Å²) in [4.78, 5) is 29.3. The number of imidazole rings is 1. The molecule has 3 rings (SSSR count). The third-order valence-electron chi connectivity index (χ3n) is 4.09. The number of halogens is 1. The van der Waals surface area contributed by atoms with Crippen molar-refractivity contribution in [3.63, 3.8) is 0 Å². The van der Waals surface area contributed by atoms with Crippen LogP contribution in [0.25, 0.3) is 11.2 Å². The molecule has 0 aliphatic rings. The van der Waals surface area contributed by atoms with Crippen LogP contribution in [0.1, 0.15) is 5.56 Å². The van der Waals surface area contributed by atoms with Crippen LogP contribution in [0.3, 0.4) is 0 Å². The highest BCUT2D eigenvalue weighted by Gasteiger charge is 2.19. The maximum Gasteiger partial charge on any atom is 0.332 e. The Balaban J connectivity index is 2.29. The first kappa shape index (κ1) is 17.2. The van der Waals surface area contributed by atoms with Crippen LogP contribution in [0.2, 0.25) is 5.02 Å². The van der Waals surface area contributed by atoms with Gasteiger partial charge in [-0.05, 0) is 11.6 Å². The number of hydrogen-bond acceptors (Lipinski definition) is 4. The maximum absolute atomic E-state index is 12.7. The minimum Gasteiger partial charge on any atom is -0.356 e. The van der Waals surface area contributed by atoms with Crippen LogP contribution in [0.15, 0.2) is 33.9 Å². The summed E-state index contributed by atoms with van der Waals surface area (Å²) in [6, 6.07) is 7.43. The molecule has 0 saturated carbocycles. The van der Waals surface area contributed by atoms with Crippen LogP contribution in [0.4, 0.5) is 5.95 Å². The van der Waals surface area contributed by atoms with Gasteiger partial charge in [0.25, 0.3) is 5.56 Å². The normalized spacial score (nSPS) is 11.2. The second-order valence-electron chi connectivity index (χ2n) is 5.77. The van der Waals surface area contributed by atoms with Gasteiger partial charge < -0.3 is 11.1 Å². The molecular weight excluding hydrogens is 344 g/mol. The summed E-state index contributed by atoms with van der Waals surface area (Å²) in [6.07, 6.45) is 0. The van der Waals surface area contributed by atoms with Gasteiger partial charge >= 0.3 is 5.69 Å². The zero-order valence-corrected chi connectivity index (χ0v) is 14.9. The smallest absolute Gasteiger partial charge is 0.332 e. The van der Waals surface area contributed by atoms with Crippen LogP contribution in [0, 0.1) is 0 Å². The standard InChI is InChI=1S/C16H19ClN6O2/c1-21-13-12(14(24)22(2)16(21)25)23(15(20-13)19-8-7-18)9-10-5-3-4-6-11(10)17/h3-6H,7-9,18H2,1-2H3,(H,19,20)/p+1. The fourth-order valence-corrected chi connectivity index (χ4v) is 2.93. The predicted octanol–water partition coefficient (Wildman–Crippen LogP) is -0.211. The van der Waals surface area contributed by atoms with E-state index in [1.54, 1.807) is 17.7 Å². The molecule has 3 aromatic rings. The second-order valence-corrected chi connectivity index (χ2v) is 6.18. The van der Waals surface area contributed by atoms with Gasteiger partial charge in [-0.2, -0.15) is 4.98 Å². The number of benzene rings is 1. The zero-order chi connectivity index (χ0) is 18.1. The molecule has 0 unspecified atom stereocenters. The summed E-state index contributed by atoms with van der Waals surface area (Å²) in [5.74, 6) is 0.511. The van der Waals surface area contributed by atoms with E-state index in [9.17, 15) is 9.59 Å². The number of quaternary nitrogens is 1. The van der Waals surface area contributed by atoms with E-state index in [1.807, 2.05) is 18.2 Å². The number of fused-ring (bicyclic) bond motifs is 1. The van der Waals surface area contributed by atoms with Crippen molar-refractivity contribution in [3.05, 3.63) is 55.7 Å². The van der Waals surface area contributed by atoms with Gasteiger partial charge in [0.15, 0.2) is 11.2 Å². The minimum atomic E-state index is -0.413. The number of aryl methyl sites for hydroxylation is 1. The Morgan fingerprint density at radius 3 is 2.60 bits per heavy atom. The van der Waals surface area contributed by atoms with Gasteiger partial charge in [-0.3, -0.25) is 18.5 Å². The number of aromatic nitrogens is 4. The predicted molar refractivity (Wildman–Crippen MR) is 97.0 cm³/mol. The zero-order valence-electron chi connectivity index (χ0n) is 14.1. The molecule has 0 fully saturated rings. The average Bonchev–Trinajstić information content (AvgIpc) is 2.96. The first-order valence-corrected chi connectivity index (χ1v) is 8.26. The molecule has 2 heterocycles. The fourth-order valence-electron chi connectivity index (χ4n) is 2.73. The van der Waals surface area contributed by atoms with E-state index in [1.165, 1.54) is 11.6 Å². The monoisotopic (exact) mass is 363 g/mol. The van der Waals surface area contributed by atoms with Crippen molar-refractivity contribution in [1.29, 1.82) is 0 Å². The van der Waals surface area contributed by atoms with Crippen molar-refractivity contribution in [2.45, 2.75) is 6.54 Å². The van der Waals surface area contributed by atoms with E-state index in [-0.39, 0.29) is 5.56 Å². The number of nitrogens with one attached hydrogen (secondary N) is 1. The van der Waals surface area contributed by atoms with Crippen LogP contribution < -0.4 is 22.3 Å². The van der Waals surface area contributed by atoms with Crippen molar-refractivity contribution in [3.8, 4) is 0 Å². The van der Waals surface area contributed by atoms with E-state index in [0.29, 0.717) is 41.8 Å². The van der Waals surface area contributed by atoms with Gasteiger partial charge in [0.2, 0.25) is 5.95 Å². The van der Waals surface area contributed by atoms with Gasteiger partial charge in [-0.15, -0.1) is 0 Å². The van der Waals surface area contributed by atoms with E-state index in [4.69, 9.17) is 11.6 Å². The van der Waals surface area contributed by atoms with E-state index in [2.05, 4.69) is 16.0 Å². The van der Waals surface area contributed by atoms with E-state index >= 15 is 0 Å². The molecule has 8 nitrogen and oxygen atoms in total. The van der Waals surface area contributed by atoms with Crippen LogP contribution in [0.5, 0.6) is 0 Å². The summed E-state index contributed by atoms with van der Waals surface area (Å²) >= 11 is 6.27.